The van der Waals surface area contributed by atoms with E-state index in [1.54, 1.807) is 6.07 Å². The standard InChI is InChI=1S/C22H25Cl2FN4O2/c1-3-29(4-2)14-20(30)27-10-5-6-15-12-19(22(26)28-13-15)31-11-9-16-17(23)7-8-18(25)21(16)24/h7-8,12-13H,3-4,9-11,14H2,1-2H3,(H2,26,28)(H,27,30). The van der Waals surface area contributed by atoms with Gasteiger partial charge in [0.15, 0.2) is 11.6 Å². The third-order valence-corrected chi connectivity index (χ3v) is 5.26. The number of nitrogens with one attached hydrogen (secondary N) is 1. The summed E-state index contributed by atoms with van der Waals surface area (Å²) in [5, 5.41) is 3.10. The predicted molar refractivity (Wildman–Crippen MR) is 122 cm³/mol. The summed E-state index contributed by atoms with van der Waals surface area (Å²) in [4.78, 5) is 18.0. The predicted octanol–water partition coefficient (Wildman–Crippen LogP) is 3.54. The first-order valence-corrected chi connectivity index (χ1v) is 10.6. The van der Waals surface area contributed by atoms with E-state index in [1.807, 2.05) is 18.7 Å². The fourth-order valence-corrected chi connectivity index (χ4v) is 3.26. The van der Waals surface area contributed by atoms with Gasteiger partial charge in [0.25, 0.3) is 0 Å². The van der Waals surface area contributed by atoms with Crippen molar-refractivity contribution in [1.82, 2.24) is 15.2 Å². The highest BCUT2D eigenvalue weighted by Gasteiger charge is 2.12. The molecule has 0 radical (unpaired) electrons. The Morgan fingerprint density at radius 3 is 2.77 bits per heavy atom. The fourth-order valence-electron chi connectivity index (χ4n) is 2.70. The molecule has 1 aromatic heterocycles. The van der Waals surface area contributed by atoms with E-state index in [0.29, 0.717) is 34.9 Å². The Balaban J connectivity index is 1.92. The molecule has 0 fully saturated rings. The molecule has 0 saturated carbocycles. The van der Waals surface area contributed by atoms with Crippen molar-refractivity contribution in [2.24, 2.45) is 0 Å². The van der Waals surface area contributed by atoms with Crippen LogP contribution in [0.15, 0.2) is 24.4 Å². The molecule has 0 aliphatic carbocycles. The van der Waals surface area contributed by atoms with E-state index in [4.69, 9.17) is 33.7 Å². The molecule has 0 bridgehead atoms. The van der Waals surface area contributed by atoms with E-state index in [9.17, 15) is 9.18 Å². The number of aromatic nitrogens is 1. The first-order chi connectivity index (χ1) is 14.8. The van der Waals surface area contributed by atoms with Gasteiger partial charge in [-0.25, -0.2) is 9.37 Å². The molecule has 0 aliphatic rings. The quantitative estimate of drug-likeness (QED) is 0.436. The zero-order chi connectivity index (χ0) is 22.8. The molecule has 0 aliphatic heterocycles. The van der Waals surface area contributed by atoms with Crippen molar-refractivity contribution in [3.63, 3.8) is 0 Å². The number of anilines is 1. The van der Waals surface area contributed by atoms with E-state index in [0.717, 1.165) is 13.1 Å². The van der Waals surface area contributed by atoms with Gasteiger partial charge in [-0.05, 0) is 30.8 Å². The van der Waals surface area contributed by atoms with E-state index in [-0.39, 0.29) is 29.9 Å². The van der Waals surface area contributed by atoms with Gasteiger partial charge in [-0.15, -0.1) is 0 Å². The molecular weight excluding hydrogens is 442 g/mol. The van der Waals surface area contributed by atoms with E-state index in [2.05, 4.69) is 22.1 Å². The van der Waals surface area contributed by atoms with Crippen LogP contribution in [-0.2, 0) is 11.2 Å². The average molecular weight is 467 g/mol. The lowest BCUT2D eigenvalue weighted by Gasteiger charge is -2.16. The summed E-state index contributed by atoms with van der Waals surface area (Å²) in [5.41, 5.74) is 6.91. The van der Waals surface area contributed by atoms with Gasteiger partial charge >= 0.3 is 0 Å². The molecule has 1 amide bonds. The number of nitrogens with two attached hydrogens (primary N) is 1. The minimum atomic E-state index is -0.538. The Morgan fingerprint density at radius 2 is 2.06 bits per heavy atom. The Bertz CT molecular complexity index is 972. The van der Waals surface area contributed by atoms with Crippen LogP contribution in [0.25, 0.3) is 0 Å². The molecule has 2 aromatic rings. The van der Waals surface area contributed by atoms with Crippen molar-refractivity contribution in [2.45, 2.75) is 20.3 Å². The van der Waals surface area contributed by atoms with Gasteiger partial charge in [0.05, 0.1) is 24.7 Å². The van der Waals surface area contributed by atoms with Crippen LogP contribution in [0, 0.1) is 17.7 Å². The molecule has 0 atom stereocenters. The Hall–Kier alpha value is -2.53. The van der Waals surface area contributed by atoms with Crippen molar-refractivity contribution in [3.05, 3.63) is 51.4 Å². The first-order valence-electron chi connectivity index (χ1n) is 9.84. The smallest absolute Gasteiger partial charge is 0.234 e. The van der Waals surface area contributed by atoms with Gasteiger partial charge in [0.1, 0.15) is 5.82 Å². The topological polar surface area (TPSA) is 80.5 Å². The van der Waals surface area contributed by atoms with E-state index >= 15 is 0 Å². The van der Waals surface area contributed by atoms with Gasteiger partial charge in [-0.1, -0.05) is 48.9 Å². The van der Waals surface area contributed by atoms with Crippen molar-refractivity contribution in [1.29, 1.82) is 0 Å². The second kappa shape index (κ2) is 12.4. The van der Waals surface area contributed by atoms with Gasteiger partial charge in [-0.2, -0.15) is 0 Å². The highest BCUT2D eigenvalue weighted by Crippen LogP contribution is 2.28. The van der Waals surface area contributed by atoms with Crippen molar-refractivity contribution < 1.29 is 13.9 Å². The zero-order valence-corrected chi connectivity index (χ0v) is 19.0. The maximum atomic E-state index is 13.6. The third kappa shape index (κ3) is 7.59. The van der Waals surface area contributed by atoms with Gasteiger partial charge in [-0.3, -0.25) is 9.69 Å². The number of benzene rings is 1. The number of nitrogen functional groups attached to an aromatic ring is 1. The molecule has 3 N–H and O–H groups in total. The largest absolute Gasteiger partial charge is 0.489 e. The number of rotatable bonds is 9. The minimum Gasteiger partial charge on any atom is -0.489 e. The molecule has 2 rings (SSSR count). The molecule has 9 heteroatoms. The third-order valence-electron chi connectivity index (χ3n) is 4.50. The van der Waals surface area contributed by atoms with Crippen LogP contribution in [0.5, 0.6) is 5.75 Å². The summed E-state index contributed by atoms with van der Waals surface area (Å²) in [6.07, 6.45) is 1.82. The summed E-state index contributed by atoms with van der Waals surface area (Å²) in [6, 6.07) is 4.32. The average Bonchev–Trinajstić information content (AvgIpc) is 2.76. The van der Waals surface area contributed by atoms with Crippen LogP contribution in [0.4, 0.5) is 10.2 Å². The van der Waals surface area contributed by atoms with Crippen LogP contribution >= 0.6 is 23.2 Å². The molecule has 166 valence electrons. The normalized spacial score (nSPS) is 10.5. The van der Waals surface area contributed by atoms with Crippen molar-refractivity contribution >= 4 is 34.9 Å². The van der Waals surface area contributed by atoms with Crippen LogP contribution in [0.2, 0.25) is 10.0 Å². The second-order valence-electron chi connectivity index (χ2n) is 6.57. The first kappa shape index (κ1) is 24.7. The molecule has 1 aromatic carbocycles. The SMILES string of the molecule is CCN(CC)CC(=O)NCC#Cc1cnc(N)c(OCCc2c(Cl)ccc(F)c2Cl)c1. The van der Waals surface area contributed by atoms with E-state index < -0.39 is 5.82 Å². The molecule has 31 heavy (non-hydrogen) atoms. The lowest BCUT2D eigenvalue weighted by molar-refractivity contribution is -0.121. The number of carbonyl (C=O) groups excluding carboxylic acids is 1. The summed E-state index contributed by atoms with van der Waals surface area (Å²) in [5.74, 6) is 5.73. The fraction of sp³-hybridized carbons (Fsp3) is 0.364. The summed E-state index contributed by atoms with van der Waals surface area (Å²) < 4.78 is 19.3. The lowest BCUT2D eigenvalue weighted by atomic mass is 10.1. The van der Waals surface area contributed by atoms with Gasteiger partial charge < -0.3 is 15.8 Å². The Kier molecular flexibility index (Phi) is 9.86. The maximum absolute atomic E-state index is 13.6. The number of amides is 1. The minimum absolute atomic E-state index is 0.0233. The van der Waals surface area contributed by atoms with Crippen LogP contribution in [-0.4, -0.2) is 48.6 Å². The number of hydrogen-bond acceptors (Lipinski definition) is 5. The molecule has 0 unspecified atom stereocenters. The van der Waals surface area contributed by atoms with Crippen LogP contribution in [0.1, 0.15) is 25.0 Å². The van der Waals surface area contributed by atoms with Crippen LogP contribution in [0.3, 0.4) is 0 Å². The molecule has 0 saturated heterocycles. The number of ether oxygens (including phenoxy) is 1. The number of carbonyl (C=O) groups is 1. The van der Waals surface area contributed by atoms with E-state index in [1.165, 1.54) is 18.3 Å². The lowest BCUT2D eigenvalue weighted by Crippen LogP contribution is -2.37. The molecule has 1 heterocycles. The summed E-state index contributed by atoms with van der Waals surface area (Å²) >= 11 is 12.1. The Morgan fingerprint density at radius 1 is 1.32 bits per heavy atom. The van der Waals surface area contributed by atoms with Crippen molar-refractivity contribution in [2.75, 3.05) is 38.5 Å². The number of pyridine rings is 1. The molecular formula is C22H25Cl2FN4O2. The highest BCUT2D eigenvalue weighted by atomic mass is 35.5. The number of halogens is 3. The summed E-state index contributed by atoms with van der Waals surface area (Å²) in [7, 11) is 0. The number of likely N-dealkylation sites (N-methyl/N-ethyl adjacent to an activating group) is 1. The van der Waals surface area contributed by atoms with Crippen LogP contribution < -0.4 is 15.8 Å². The second-order valence-corrected chi connectivity index (χ2v) is 7.35. The van der Waals surface area contributed by atoms with Crippen molar-refractivity contribution in [3.8, 4) is 17.6 Å². The number of hydrogen-bond donors (Lipinski definition) is 2. The molecule has 6 nitrogen and oxygen atoms in total. The Labute approximate surface area is 191 Å². The maximum Gasteiger partial charge on any atom is 0.234 e. The monoisotopic (exact) mass is 466 g/mol. The highest BCUT2D eigenvalue weighted by molar-refractivity contribution is 6.36. The number of nitrogens with zero attached hydrogens (tertiary/aromatic N) is 2. The van der Waals surface area contributed by atoms with Gasteiger partial charge in [0, 0.05) is 29.3 Å². The molecule has 0 spiro atoms. The zero-order valence-electron chi connectivity index (χ0n) is 17.5. The summed E-state index contributed by atoms with van der Waals surface area (Å²) in [6.45, 7) is 6.37. The van der Waals surface area contributed by atoms with Gasteiger partial charge in [0.2, 0.25) is 5.91 Å².